The third-order valence-corrected chi connectivity index (χ3v) is 1.70. The van der Waals surface area contributed by atoms with E-state index in [0.717, 1.165) is 32.6 Å². The topological polar surface area (TPSA) is 29.5 Å². The first-order valence-corrected chi connectivity index (χ1v) is 3.76. The van der Waals surface area contributed by atoms with E-state index in [9.17, 15) is 4.79 Å². The predicted octanol–water partition coefficient (Wildman–Crippen LogP) is 0.0737. The van der Waals surface area contributed by atoms with E-state index in [2.05, 4.69) is 11.5 Å². The first-order chi connectivity index (χ1) is 5.33. The quantitative estimate of drug-likeness (QED) is 0.427. The predicted molar refractivity (Wildman–Crippen MR) is 42.5 cm³/mol. The number of carbonyl (C=O) groups excluding carboxylic acids is 1. The van der Waals surface area contributed by atoms with Gasteiger partial charge in [0.05, 0.1) is 13.2 Å². The number of carbonyl (C=O) groups is 1. The molecule has 3 nitrogen and oxygen atoms in total. The molecule has 1 aliphatic rings. The molecule has 0 saturated carbocycles. The molecule has 1 fully saturated rings. The van der Waals surface area contributed by atoms with Gasteiger partial charge in [-0.2, -0.15) is 0 Å². The molecule has 0 aliphatic carbocycles. The molecule has 3 heteroatoms. The van der Waals surface area contributed by atoms with E-state index in [1.165, 1.54) is 0 Å². The molecule has 0 unspecified atom stereocenters. The second kappa shape index (κ2) is 4.26. The highest BCUT2D eigenvalue weighted by atomic mass is 16.5. The van der Waals surface area contributed by atoms with E-state index in [1.54, 1.807) is 0 Å². The Kier molecular flexibility index (Phi) is 3.26. The van der Waals surface area contributed by atoms with Crippen LogP contribution in [0.25, 0.3) is 0 Å². The first kappa shape index (κ1) is 8.43. The van der Waals surface area contributed by atoms with Crippen molar-refractivity contribution in [1.82, 2.24) is 4.90 Å². The summed E-state index contributed by atoms with van der Waals surface area (Å²) < 4.78 is 5.16. The zero-order chi connectivity index (χ0) is 8.10. The number of rotatable bonds is 3. The molecule has 0 atom stereocenters. The Bertz CT molecular complexity index is 150. The Morgan fingerprint density at radius 1 is 1.55 bits per heavy atom. The monoisotopic (exact) mass is 155 g/mol. The highest BCUT2D eigenvalue weighted by Crippen LogP contribution is 1.98. The SMILES string of the molecule is C=C(C=O)CN1CCOCC1. The molecular weight excluding hydrogens is 142 g/mol. The molecule has 0 spiro atoms. The average Bonchev–Trinajstić information content (AvgIpc) is 2.06. The van der Waals surface area contributed by atoms with Gasteiger partial charge in [0.1, 0.15) is 6.29 Å². The summed E-state index contributed by atoms with van der Waals surface area (Å²) in [6.45, 7) is 7.66. The van der Waals surface area contributed by atoms with Gasteiger partial charge in [-0.3, -0.25) is 9.69 Å². The van der Waals surface area contributed by atoms with Gasteiger partial charge in [0.15, 0.2) is 0 Å². The van der Waals surface area contributed by atoms with Crippen molar-refractivity contribution in [2.45, 2.75) is 0 Å². The lowest BCUT2D eigenvalue weighted by Crippen LogP contribution is -2.37. The minimum atomic E-state index is 0.645. The van der Waals surface area contributed by atoms with Gasteiger partial charge in [-0.1, -0.05) is 6.58 Å². The molecule has 0 aromatic heterocycles. The molecule has 11 heavy (non-hydrogen) atoms. The maximum atomic E-state index is 10.2. The van der Waals surface area contributed by atoms with E-state index in [0.29, 0.717) is 12.1 Å². The summed E-state index contributed by atoms with van der Waals surface area (Å²) in [5.74, 6) is 0. The third kappa shape index (κ3) is 2.82. The lowest BCUT2D eigenvalue weighted by Gasteiger charge is -2.26. The summed E-state index contributed by atoms with van der Waals surface area (Å²) in [7, 11) is 0. The molecule has 0 bridgehead atoms. The standard InChI is InChI=1S/C8H13NO2/c1-8(7-10)6-9-2-4-11-5-3-9/h7H,1-6H2. The number of hydrogen-bond acceptors (Lipinski definition) is 3. The van der Waals surface area contributed by atoms with Gasteiger partial charge >= 0.3 is 0 Å². The van der Waals surface area contributed by atoms with Crippen LogP contribution in [0.3, 0.4) is 0 Å². The Balaban J connectivity index is 2.24. The maximum absolute atomic E-state index is 10.2. The molecule has 0 aromatic rings. The fraction of sp³-hybridized carbons (Fsp3) is 0.625. The van der Waals surface area contributed by atoms with Gasteiger partial charge in [-0.15, -0.1) is 0 Å². The van der Waals surface area contributed by atoms with E-state index in [-0.39, 0.29) is 0 Å². The molecular formula is C8H13NO2. The summed E-state index contributed by atoms with van der Waals surface area (Å²) in [4.78, 5) is 12.4. The Morgan fingerprint density at radius 3 is 2.73 bits per heavy atom. The van der Waals surface area contributed by atoms with Crippen molar-refractivity contribution in [3.05, 3.63) is 12.2 Å². The molecule has 1 heterocycles. The lowest BCUT2D eigenvalue weighted by molar-refractivity contribution is -0.105. The molecule has 0 amide bonds. The van der Waals surface area contributed by atoms with Crippen LogP contribution in [0.1, 0.15) is 0 Å². The van der Waals surface area contributed by atoms with Gasteiger partial charge in [0, 0.05) is 19.6 Å². The van der Waals surface area contributed by atoms with Crippen LogP contribution >= 0.6 is 0 Å². The Labute approximate surface area is 66.6 Å². The minimum Gasteiger partial charge on any atom is -0.379 e. The summed E-state index contributed by atoms with van der Waals surface area (Å²) in [5.41, 5.74) is 0.645. The molecule has 1 aliphatic heterocycles. The summed E-state index contributed by atoms with van der Waals surface area (Å²) in [5, 5.41) is 0. The van der Waals surface area contributed by atoms with Crippen molar-refractivity contribution in [2.75, 3.05) is 32.8 Å². The molecule has 0 aromatic carbocycles. The molecule has 1 saturated heterocycles. The van der Waals surface area contributed by atoms with Crippen molar-refractivity contribution in [2.24, 2.45) is 0 Å². The van der Waals surface area contributed by atoms with Crippen LogP contribution in [-0.4, -0.2) is 44.0 Å². The third-order valence-electron chi connectivity index (χ3n) is 1.70. The van der Waals surface area contributed by atoms with Crippen LogP contribution in [-0.2, 0) is 9.53 Å². The highest BCUT2D eigenvalue weighted by Gasteiger charge is 2.09. The highest BCUT2D eigenvalue weighted by molar-refractivity contribution is 5.72. The molecule has 1 rings (SSSR count). The molecule has 0 N–H and O–H groups in total. The van der Waals surface area contributed by atoms with E-state index >= 15 is 0 Å². The van der Waals surface area contributed by atoms with Gasteiger partial charge in [-0.25, -0.2) is 0 Å². The smallest absolute Gasteiger partial charge is 0.146 e. The van der Waals surface area contributed by atoms with E-state index < -0.39 is 0 Å². The van der Waals surface area contributed by atoms with Gasteiger partial charge < -0.3 is 4.74 Å². The van der Waals surface area contributed by atoms with Crippen molar-refractivity contribution in [3.8, 4) is 0 Å². The zero-order valence-corrected chi connectivity index (χ0v) is 6.58. The lowest BCUT2D eigenvalue weighted by atomic mass is 10.3. The fourth-order valence-corrected chi connectivity index (χ4v) is 1.08. The van der Waals surface area contributed by atoms with Crippen molar-refractivity contribution < 1.29 is 9.53 Å². The fourth-order valence-electron chi connectivity index (χ4n) is 1.08. The Hall–Kier alpha value is -0.670. The zero-order valence-electron chi connectivity index (χ0n) is 6.58. The summed E-state index contributed by atoms with van der Waals surface area (Å²) in [6.07, 6.45) is 0.815. The van der Waals surface area contributed by atoms with Crippen LogP contribution in [0.2, 0.25) is 0 Å². The average molecular weight is 155 g/mol. The second-order valence-corrected chi connectivity index (χ2v) is 2.66. The molecule has 62 valence electrons. The van der Waals surface area contributed by atoms with Crippen LogP contribution in [0.4, 0.5) is 0 Å². The number of hydrogen-bond donors (Lipinski definition) is 0. The number of nitrogens with zero attached hydrogens (tertiary/aromatic N) is 1. The summed E-state index contributed by atoms with van der Waals surface area (Å²) in [6, 6.07) is 0. The number of morpholine rings is 1. The number of aldehydes is 1. The van der Waals surface area contributed by atoms with Crippen molar-refractivity contribution in [1.29, 1.82) is 0 Å². The minimum absolute atomic E-state index is 0.645. The van der Waals surface area contributed by atoms with E-state index in [4.69, 9.17) is 4.74 Å². The first-order valence-electron chi connectivity index (χ1n) is 3.76. The Morgan fingerprint density at radius 2 is 2.18 bits per heavy atom. The second-order valence-electron chi connectivity index (χ2n) is 2.66. The largest absolute Gasteiger partial charge is 0.379 e. The normalized spacial score (nSPS) is 19.6. The van der Waals surface area contributed by atoms with Crippen molar-refractivity contribution >= 4 is 6.29 Å². The van der Waals surface area contributed by atoms with Crippen LogP contribution in [0.15, 0.2) is 12.2 Å². The van der Waals surface area contributed by atoms with Gasteiger partial charge in [0.25, 0.3) is 0 Å². The van der Waals surface area contributed by atoms with Gasteiger partial charge in [0.2, 0.25) is 0 Å². The van der Waals surface area contributed by atoms with Crippen LogP contribution < -0.4 is 0 Å². The van der Waals surface area contributed by atoms with E-state index in [1.807, 2.05) is 0 Å². The maximum Gasteiger partial charge on any atom is 0.146 e. The van der Waals surface area contributed by atoms with Gasteiger partial charge in [-0.05, 0) is 5.57 Å². The summed E-state index contributed by atoms with van der Waals surface area (Å²) >= 11 is 0. The van der Waals surface area contributed by atoms with Crippen LogP contribution in [0.5, 0.6) is 0 Å². The number of ether oxygens (including phenoxy) is 1. The van der Waals surface area contributed by atoms with Crippen LogP contribution in [0, 0.1) is 0 Å². The molecule has 0 radical (unpaired) electrons. The van der Waals surface area contributed by atoms with Crippen molar-refractivity contribution in [3.63, 3.8) is 0 Å².